The first-order chi connectivity index (χ1) is 8.12. The number of ether oxygens (including phenoxy) is 1. The van der Waals surface area contributed by atoms with E-state index in [9.17, 15) is 4.79 Å². The van der Waals surface area contributed by atoms with Crippen molar-refractivity contribution in [3.05, 3.63) is 0 Å². The average Bonchev–Trinajstić information content (AvgIpc) is 2.51. The van der Waals surface area contributed by atoms with Crippen LogP contribution in [-0.2, 0) is 9.53 Å². The van der Waals surface area contributed by atoms with Crippen LogP contribution in [-0.4, -0.2) is 42.3 Å². The molecule has 98 valence electrons. The normalized spacial score (nSPS) is 31.7. The number of nitrogens with one attached hydrogen (secondary N) is 1. The summed E-state index contributed by atoms with van der Waals surface area (Å²) in [7, 11) is 1.77. The van der Waals surface area contributed by atoms with Crippen LogP contribution in [0.15, 0.2) is 0 Å². The Labute approximate surface area is 104 Å². The summed E-state index contributed by atoms with van der Waals surface area (Å²) >= 11 is 0. The van der Waals surface area contributed by atoms with Gasteiger partial charge in [0.05, 0.1) is 24.4 Å². The molecule has 2 unspecified atom stereocenters. The molecule has 4 nitrogen and oxygen atoms in total. The molecule has 1 aliphatic heterocycles. The number of hydrogen-bond donors (Lipinski definition) is 1. The van der Waals surface area contributed by atoms with E-state index in [-0.39, 0.29) is 23.7 Å². The minimum absolute atomic E-state index is 0.0412. The standard InChI is InChI=1S/C13H24N2O2/c1-4-6-11-14-10(2)12(16)15(11)9-13(17-3)7-5-8-13/h10-11,14H,4-9H2,1-3H3. The number of nitrogens with zero attached hydrogens (tertiary/aromatic N) is 1. The van der Waals surface area contributed by atoms with Gasteiger partial charge in [-0.25, -0.2) is 0 Å². The van der Waals surface area contributed by atoms with Crippen molar-refractivity contribution in [2.75, 3.05) is 13.7 Å². The van der Waals surface area contributed by atoms with Crippen molar-refractivity contribution in [3.8, 4) is 0 Å². The van der Waals surface area contributed by atoms with Crippen molar-refractivity contribution in [3.63, 3.8) is 0 Å². The highest BCUT2D eigenvalue weighted by molar-refractivity contribution is 5.84. The molecule has 0 aromatic heterocycles. The van der Waals surface area contributed by atoms with E-state index in [4.69, 9.17) is 4.74 Å². The Bertz CT molecular complexity index is 284. The number of rotatable bonds is 5. The smallest absolute Gasteiger partial charge is 0.240 e. The van der Waals surface area contributed by atoms with Crippen molar-refractivity contribution in [2.24, 2.45) is 0 Å². The number of carbonyl (C=O) groups is 1. The highest BCUT2D eigenvalue weighted by atomic mass is 16.5. The van der Waals surface area contributed by atoms with Gasteiger partial charge in [0.1, 0.15) is 0 Å². The Morgan fingerprint density at radius 2 is 2.24 bits per heavy atom. The molecule has 0 radical (unpaired) electrons. The second-order valence-electron chi connectivity index (χ2n) is 5.40. The van der Waals surface area contributed by atoms with E-state index >= 15 is 0 Å². The second-order valence-corrected chi connectivity index (χ2v) is 5.40. The van der Waals surface area contributed by atoms with Gasteiger partial charge in [-0.05, 0) is 32.6 Å². The van der Waals surface area contributed by atoms with Gasteiger partial charge in [0.15, 0.2) is 0 Å². The summed E-state index contributed by atoms with van der Waals surface area (Å²) in [5.74, 6) is 0.228. The van der Waals surface area contributed by atoms with E-state index in [0.29, 0.717) is 0 Å². The molecular weight excluding hydrogens is 216 g/mol. The molecule has 0 spiro atoms. The summed E-state index contributed by atoms with van der Waals surface area (Å²) in [5, 5.41) is 3.37. The van der Waals surface area contributed by atoms with Crippen LogP contribution in [0.3, 0.4) is 0 Å². The fraction of sp³-hybridized carbons (Fsp3) is 0.923. The van der Waals surface area contributed by atoms with Crippen LogP contribution in [0.2, 0.25) is 0 Å². The topological polar surface area (TPSA) is 41.6 Å². The third-order valence-electron chi connectivity index (χ3n) is 4.19. The highest BCUT2D eigenvalue weighted by Gasteiger charge is 2.44. The first-order valence-corrected chi connectivity index (χ1v) is 6.73. The minimum Gasteiger partial charge on any atom is -0.376 e. The maximum atomic E-state index is 12.1. The van der Waals surface area contributed by atoms with Crippen molar-refractivity contribution in [2.45, 2.75) is 63.8 Å². The van der Waals surface area contributed by atoms with E-state index in [1.165, 1.54) is 6.42 Å². The highest BCUT2D eigenvalue weighted by Crippen LogP contribution is 2.37. The molecule has 1 heterocycles. The molecular formula is C13H24N2O2. The van der Waals surface area contributed by atoms with Gasteiger partial charge in [-0.15, -0.1) is 0 Å². The Balaban J connectivity index is 2.03. The fourth-order valence-electron chi connectivity index (χ4n) is 2.86. The largest absolute Gasteiger partial charge is 0.376 e. The molecule has 0 aromatic rings. The van der Waals surface area contributed by atoms with Crippen LogP contribution in [0.25, 0.3) is 0 Å². The van der Waals surface area contributed by atoms with Crippen molar-refractivity contribution in [1.29, 1.82) is 0 Å². The number of carbonyl (C=O) groups excluding carboxylic acids is 1. The lowest BCUT2D eigenvalue weighted by Crippen LogP contribution is -2.52. The van der Waals surface area contributed by atoms with E-state index in [1.54, 1.807) is 7.11 Å². The van der Waals surface area contributed by atoms with Crippen LogP contribution in [0.5, 0.6) is 0 Å². The fourth-order valence-corrected chi connectivity index (χ4v) is 2.86. The molecule has 1 saturated carbocycles. The van der Waals surface area contributed by atoms with Crippen molar-refractivity contribution < 1.29 is 9.53 Å². The van der Waals surface area contributed by atoms with E-state index < -0.39 is 0 Å². The predicted octanol–water partition coefficient (Wildman–Crippen LogP) is 1.50. The Kier molecular flexibility index (Phi) is 3.73. The molecule has 2 fully saturated rings. The lowest BCUT2D eigenvalue weighted by molar-refractivity contribution is -0.140. The van der Waals surface area contributed by atoms with Crippen LogP contribution in [0, 0.1) is 0 Å². The molecule has 2 atom stereocenters. The first kappa shape index (κ1) is 12.8. The molecule has 2 rings (SSSR count). The minimum atomic E-state index is -0.0621. The van der Waals surface area contributed by atoms with Crippen LogP contribution in [0.4, 0.5) is 0 Å². The van der Waals surface area contributed by atoms with Gasteiger partial charge in [0, 0.05) is 7.11 Å². The number of amides is 1. The summed E-state index contributed by atoms with van der Waals surface area (Å²) < 4.78 is 5.62. The molecule has 0 bridgehead atoms. The molecule has 1 amide bonds. The summed E-state index contributed by atoms with van der Waals surface area (Å²) in [4.78, 5) is 14.1. The molecule has 0 aromatic carbocycles. The molecule has 17 heavy (non-hydrogen) atoms. The lowest BCUT2D eigenvalue weighted by Gasteiger charge is -2.44. The van der Waals surface area contributed by atoms with Crippen LogP contribution >= 0.6 is 0 Å². The third-order valence-corrected chi connectivity index (χ3v) is 4.19. The van der Waals surface area contributed by atoms with Crippen LogP contribution < -0.4 is 5.32 Å². The van der Waals surface area contributed by atoms with Gasteiger partial charge >= 0.3 is 0 Å². The maximum absolute atomic E-state index is 12.1. The third kappa shape index (κ3) is 2.33. The zero-order valence-electron chi connectivity index (χ0n) is 11.2. The summed E-state index contributed by atoms with van der Waals surface area (Å²) in [6.45, 7) is 4.86. The Morgan fingerprint density at radius 3 is 2.71 bits per heavy atom. The van der Waals surface area contributed by atoms with Gasteiger partial charge < -0.3 is 9.64 Å². The van der Waals surface area contributed by atoms with Gasteiger partial charge in [-0.1, -0.05) is 13.3 Å². The molecule has 1 aliphatic carbocycles. The Hall–Kier alpha value is -0.610. The molecule has 1 saturated heterocycles. The SMILES string of the molecule is CCCC1NC(C)C(=O)N1CC1(OC)CCC1. The van der Waals surface area contributed by atoms with Gasteiger partial charge in [-0.3, -0.25) is 10.1 Å². The predicted molar refractivity (Wildman–Crippen MR) is 66.6 cm³/mol. The van der Waals surface area contributed by atoms with Gasteiger partial charge in [0.25, 0.3) is 0 Å². The first-order valence-electron chi connectivity index (χ1n) is 6.73. The molecule has 1 N–H and O–H groups in total. The van der Waals surface area contributed by atoms with Gasteiger partial charge in [0.2, 0.25) is 5.91 Å². The van der Waals surface area contributed by atoms with Gasteiger partial charge in [-0.2, -0.15) is 0 Å². The summed E-state index contributed by atoms with van der Waals surface area (Å²) in [6.07, 6.45) is 5.71. The molecule has 4 heteroatoms. The quantitative estimate of drug-likeness (QED) is 0.792. The second kappa shape index (κ2) is 4.94. The van der Waals surface area contributed by atoms with E-state index in [1.807, 2.05) is 11.8 Å². The summed E-state index contributed by atoms with van der Waals surface area (Å²) in [6, 6.07) is -0.0412. The zero-order chi connectivity index (χ0) is 12.5. The Morgan fingerprint density at radius 1 is 1.53 bits per heavy atom. The van der Waals surface area contributed by atoms with Crippen LogP contribution in [0.1, 0.15) is 46.0 Å². The monoisotopic (exact) mass is 240 g/mol. The van der Waals surface area contributed by atoms with Crippen molar-refractivity contribution >= 4 is 5.91 Å². The average molecular weight is 240 g/mol. The zero-order valence-corrected chi connectivity index (χ0v) is 11.2. The number of hydrogen-bond acceptors (Lipinski definition) is 3. The lowest BCUT2D eigenvalue weighted by atomic mass is 9.79. The maximum Gasteiger partial charge on any atom is 0.240 e. The number of methoxy groups -OCH3 is 1. The van der Waals surface area contributed by atoms with E-state index in [0.717, 1.165) is 32.2 Å². The van der Waals surface area contributed by atoms with Crippen molar-refractivity contribution in [1.82, 2.24) is 10.2 Å². The summed E-state index contributed by atoms with van der Waals surface area (Å²) in [5.41, 5.74) is -0.0621. The van der Waals surface area contributed by atoms with E-state index in [2.05, 4.69) is 12.2 Å². The molecule has 2 aliphatic rings.